The van der Waals surface area contributed by atoms with Gasteiger partial charge in [-0.15, -0.1) is 0 Å². The molecule has 68 valence electrons. The highest BCUT2D eigenvalue weighted by Gasteiger charge is 2.11. The molecule has 0 aliphatic heterocycles. The van der Waals surface area contributed by atoms with E-state index in [4.69, 9.17) is 5.11 Å². The fraction of sp³-hybridized carbons (Fsp3) is 0.125. The minimum Gasteiger partial charge on any atom is -0.505 e. The zero-order chi connectivity index (χ0) is 9.84. The Morgan fingerprint density at radius 2 is 2.00 bits per heavy atom. The molecule has 0 aromatic heterocycles. The summed E-state index contributed by atoms with van der Waals surface area (Å²) < 4.78 is 25.5. The molecule has 13 heavy (non-hydrogen) atoms. The molecule has 0 saturated carbocycles. The monoisotopic (exact) mass is 185 g/mol. The lowest BCUT2D eigenvalue weighted by molar-refractivity contribution is 0.418. The van der Waals surface area contributed by atoms with Crippen LogP contribution in [0.4, 0.5) is 8.78 Å². The summed E-state index contributed by atoms with van der Waals surface area (Å²) in [4.78, 5) is 12.7. The molecule has 0 bridgehead atoms. The highest BCUT2D eigenvalue weighted by atomic mass is 19.1. The van der Waals surface area contributed by atoms with E-state index >= 15 is 0 Å². The number of phenols is 1. The Balaban J connectivity index is 3.16. The SMILES string of the molecule is O=C=NCc1c(F)ccc(F)c1O. The van der Waals surface area contributed by atoms with Crippen LogP contribution in [-0.4, -0.2) is 11.2 Å². The molecule has 0 saturated heterocycles. The maximum absolute atomic E-state index is 12.8. The van der Waals surface area contributed by atoms with Gasteiger partial charge in [0.05, 0.1) is 12.1 Å². The van der Waals surface area contributed by atoms with Gasteiger partial charge in [0.2, 0.25) is 6.08 Å². The van der Waals surface area contributed by atoms with Gasteiger partial charge in [0.25, 0.3) is 0 Å². The third-order valence-electron chi connectivity index (χ3n) is 1.48. The predicted molar refractivity (Wildman–Crippen MR) is 39.8 cm³/mol. The lowest BCUT2D eigenvalue weighted by atomic mass is 10.2. The Morgan fingerprint density at radius 3 is 2.62 bits per heavy atom. The smallest absolute Gasteiger partial charge is 0.235 e. The van der Waals surface area contributed by atoms with E-state index in [0.717, 1.165) is 18.2 Å². The average Bonchev–Trinajstić information content (AvgIpc) is 2.12. The van der Waals surface area contributed by atoms with Crippen LogP contribution in [0.2, 0.25) is 0 Å². The summed E-state index contributed by atoms with van der Waals surface area (Å²) in [5.74, 6) is -2.57. The zero-order valence-corrected chi connectivity index (χ0v) is 6.42. The molecule has 5 heteroatoms. The topological polar surface area (TPSA) is 49.7 Å². The molecule has 0 aliphatic carbocycles. The van der Waals surface area contributed by atoms with Crippen molar-refractivity contribution in [1.82, 2.24) is 0 Å². The van der Waals surface area contributed by atoms with Crippen molar-refractivity contribution < 1.29 is 18.7 Å². The van der Waals surface area contributed by atoms with Gasteiger partial charge < -0.3 is 5.11 Å². The summed E-state index contributed by atoms with van der Waals surface area (Å²) >= 11 is 0. The molecule has 3 nitrogen and oxygen atoms in total. The van der Waals surface area contributed by atoms with Crippen molar-refractivity contribution in [2.75, 3.05) is 0 Å². The largest absolute Gasteiger partial charge is 0.505 e. The number of hydrogen-bond donors (Lipinski definition) is 1. The molecule has 0 fully saturated rings. The fourth-order valence-corrected chi connectivity index (χ4v) is 0.845. The van der Waals surface area contributed by atoms with Gasteiger partial charge >= 0.3 is 0 Å². The second kappa shape index (κ2) is 3.78. The van der Waals surface area contributed by atoms with E-state index in [1.165, 1.54) is 0 Å². The third kappa shape index (κ3) is 1.89. The molecule has 0 radical (unpaired) electrons. The Labute approximate surface area is 72.3 Å². The van der Waals surface area contributed by atoms with Crippen LogP contribution in [0.15, 0.2) is 17.1 Å². The third-order valence-corrected chi connectivity index (χ3v) is 1.48. The Hall–Kier alpha value is -1.74. The summed E-state index contributed by atoms with van der Waals surface area (Å²) in [6.07, 6.45) is 1.16. The van der Waals surface area contributed by atoms with Crippen molar-refractivity contribution in [2.24, 2.45) is 4.99 Å². The van der Waals surface area contributed by atoms with E-state index in [0.29, 0.717) is 0 Å². The van der Waals surface area contributed by atoms with Crippen molar-refractivity contribution in [1.29, 1.82) is 0 Å². The van der Waals surface area contributed by atoms with Gasteiger partial charge in [-0.05, 0) is 12.1 Å². The first kappa shape index (κ1) is 9.35. The fourth-order valence-electron chi connectivity index (χ4n) is 0.845. The van der Waals surface area contributed by atoms with Crippen LogP contribution in [0.5, 0.6) is 5.75 Å². The highest BCUT2D eigenvalue weighted by Crippen LogP contribution is 2.24. The van der Waals surface area contributed by atoms with Gasteiger partial charge in [0.15, 0.2) is 11.6 Å². The Morgan fingerprint density at radius 1 is 1.38 bits per heavy atom. The second-order valence-electron chi connectivity index (χ2n) is 2.26. The van der Waals surface area contributed by atoms with E-state index in [1.807, 2.05) is 0 Å². The lowest BCUT2D eigenvalue weighted by Gasteiger charge is -2.02. The number of phenolic OH excluding ortho intramolecular Hbond substituents is 1. The number of isocyanates is 1. The number of hydrogen-bond acceptors (Lipinski definition) is 3. The Kier molecular flexibility index (Phi) is 2.72. The summed E-state index contributed by atoms with van der Waals surface area (Å²) in [5, 5.41) is 9.00. The quantitative estimate of drug-likeness (QED) is 0.560. The van der Waals surface area contributed by atoms with E-state index < -0.39 is 23.9 Å². The first-order valence-electron chi connectivity index (χ1n) is 3.36. The number of rotatable bonds is 2. The zero-order valence-electron chi connectivity index (χ0n) is 6.42. The summed E-state index contributed by atoms with van der Waals surface area (Å²) in [6, 6.07) is 1.64. The van der Waals surface area contributed by atoms with Gasteiger partial charge in [-0.25, -0.2) is 18.6 Å². The molecule has 0 atom stereocenters. The van der Waals surface area contributed by atoms with Crippen molar-refractivity contribution >= 4 is 6.08 Å². The number of aliphatic imine (C=N–C) groups is 1. The number of aromatic hydroxyl groups is 1. The van der Waals surface area contributed by atoms with Gasteiger partial charge in [0.1, 0.15) is 5.82 Å². The first-order chi connectivity index (χ1) is 6.16. The summed E-state index contributed by atoms with van der Waals surface area (Å²) in [6.45, 7) is -0.418. The molecule has 0 unspecified atom stereocenters. The molecular formula is C8H5F2NO2. The van der Waals surface area contributed by atoms with Crippen LogP contribution < -0.4 is 0 Å². The lowest BCUT2D eigenvalue weighted by Crippen LogP contribution is -1.91. The van der Waals surface area contributed by atoms with E-state index in [9.17, 15) is 13.6 Å². The first-order valence-corrected chi connectivity index (χ1v) is 3.36. The van der Waals surface area contributed by atoms with Crippen molar-refractivity contribution in [3.05, 3.63) is 29.3 Å². The van der Waals surface area contributed by atoms with Crippen molar-refractivity contribution in [3.8, 4) is 5.75 Å². The molecule has 0 amide bonds. The van der Waals surface area contributed by atoms with Crippen molar-refractivity contribution in [2.45, 2.75) is 6.54 Å². The molecule has 1 N–H and O–H groups in total. The van der Waals surface area contributed by atoms with Gasteiger partial charge in [0, 0.05) is 0 Å². The van der Waals surface area contributed by atoms with Crippen LogP contribution >= 0.6 is 0 Å². The molecule has 1 rings (SSSR count). The molecule has 1 aromatic rings. The minimum absolute atomic E-state index is 0.344. The van der Waals surface area contributed by atoms with Crippen LogP contribution in [0.25, 0.3) is 0 Å². The van der Waals surface area contributed by atoms with Crippen LogP contribution in [0.3, 0.4) is 0 Å². The van der Waals surface area contributed by atoms with Crippen LogP contribution in [-0.2, 0) is 11.3 Å². The maximum Gasteiger partial charge on any atom is 0.235 e. The van der Waals surface area contributed by atoms with Crippen molar-refractivity contribution in [3.63, 3.8) is 0 Å². The average molecular weight is 185 g/mol. The predicted octanol–water partition coefficient (Wildman–Crippen LogP) is 1.51. The van der Waals surface area contributed by atoms with Crippen LogP contribution in [0, 0.1) is 11.6 Å². The highest BCUT2D eigenvalue weighted by molar-refractivity contribution is 5.38. The maximum atomic E-state index is 12.8. The molecule has 0 spiro atoms. The van der Waals surface area contributed by atoms with Gasteiger partial charge in [-0.3, -0.25) is 0 Å². The molecule has 0 aliphatic rings. The normalized spacial score (nSPS) is 9.38. The van der Waals surface area contributed by atoms with E-state index in [2.05, 4.69) is 4.99 Å². The number of nitrogens with zero attached hydrogens (tertiary/aromatic N) is 1. The van der Waals surface area contributed by atoms with Gasteiger partial charge in [-0.1, -0.05) is 0 Å². The number of carbonyl (C=O) groups excluding carboxylic acids is 1. The van der Waals surface area contributed by atoms with E-state index in [1.54, 1.807) is 0 Å². The second-order valence-corrected chi connectivity index (χ2v) is 2.26. The summed E-state index contributed by atoms with van der Waals surface area (Å²) in [5.41, 5.74) is -0.344. The minimum atomic E-state index is -0.947. The van der Waals surface area contributed by atoms with Crippen LogP contribution in [0.1, 0.15) is 5.56 Å². The van der Waals surface area contributed by atoms with E-state index in [-0.39, 0.29) is 5.56 Å². The standard InChI is InChI=1S/C8H5F2NO2/c9-6-1-2-7(10)8(13)5(6)3-11-4-12/h1-2,13H,3H2. The molecule has 0 heterocycles. The number of benzene rings is 1. The summed E-state index contributed by atoms with van der Waals surface area (Å²) in [7, 11) is 0. The molecule has 1 aromatic carbocycles. The van der Waals surface area contributed by atoms with Gasteiger partial charge in [-0.2, -0.15) is 0 Å². The Bertz CT molecular complexity index is 373. The molecular weight excluding hydrogens is 180 g/mol. The number of halogens is 2.